The maximum absolute atomic E-state index is 9.19. The summed E-state index contributed by atoms with van der Waals surface area (Å²) < 4.78 is 0. The molecule has 0 saturated carbocycles. The lowest BCUT2D eigenvalue weighted by Crippen LogP contribution is -2.17. The first-order valence-electron chi connectivity index (χ1n) is 3.94. The van der Waals surface area contributed by atoms with E-state index in [0.717, 1.165) is 24.1 Å². The number of nitrogens with zero attached hydrogens (tertiary/aromatic N) is 1. The van der Waals surface area contributed by atoms with E-state index in [1.807, 2.05) is 0 Å². The van der Waals surface area contributed by atoms with Crippen LogP contribution < -0.4 is 5.32 Å². The minimum Gasteiger partial charge on any atom is -0.504 e. The molecule has 2 N–H and O–H groups in total. The summed E-state index contributed by atoms with van der Waals surface area (Å²) in [5.41, 5.74) is 2.12. The summed E-state index contributed by atoms with van der Waals surface area (Å²) in [5.74, 6) is -0.0819. The zero-order chi connectivity index (χ0) is 8.55. The van der Waals surface area contributed by atoms with Crippen molar-refractivity contribution in [3.05, 3.63) is 23.3 Å². The highest BCUT2D eigenvalue weighted by molar-refractivity contribution is 5.46. The summed E-state index contributed by atoms with van der Waals surface area (Å²) in [6.07, 6.45) is 0.864. The molecule has 1 radical (unpaired) electrons. The normalized spacial score (nSPS) is 15.7. The molecule has 0 aromatic heterocycles. The van der Waals surface area contributed by atoms with Crippen LogP contribution in [0.3, 0.4) is 0 Å². The Bertz CT molecular complexity index is 279. The van der Waals surface area contributed by atoms with E-state index in [2.05, 4.69) is 5.32 Å². The summed E-state index contributed by atoms with van der Waals surface area (Å²) >= 11 is 0. The molecule has 0 saturated heterocycles. The second kappa shape index (κ2) is 2.68. The first-order chi connectivity index (χ1) is 5.77. The standard InChI is InChI=1S/C9H10NO2/c11-8-3-6-1-2-10-5-7(6)4-9(8)12/h3-4,11-12H,1-2,5H2. The molecule has 63 valence electrons. The van der Waals surface area contributed by atoms with E-state index in [9.17, 15) is 10.2 Å². The third-order valence-corrected chi connectivity index (χ3v) is 2.12. The molecule has 2 rings (SSSR count). The lowest BCUT2D eigenvalue weighted by molar-refractivity contribution is 0.401. The molecule has 1 aliphatic rings. The molecule has 1 aliphatic heterocycles. The quantitative estimate of drug-likeness (QED) is 0.556. The molecule has 1 heterocycles. The Kier molecular flexibility index (Phi) is 1.66. The van der Waals surface area contributed by atoms with E-state index in [1.165, 1.54) is 0 Å². The number of phenols is 2. The summed E-state index contributed by atoms with van der Waals surface area (Å²) in [7, 11) is 0. The molecule has 12 heavy (non-hydrogen) atoms. The molecule has 0 spiro atoms. The highest BCUT2D eigenvalue weighted by atomic mass is 16.3. The Hall–Kier alpha value is -1.22. The molecule has 0 fully saturated rings. The summed E-state index contributed by atoms with van der Waals surface area (Å²) in [5, 5.41) is 22.6. The van der Waals surface area contributed by atoms with Gasteiger partial charge in [-0.1, -0.05) is 0 Å². The van der Waals surface area contributed by atoms with Crippen LogP contribution in [0.25, 0.3) is 0 Å². The highest BCUT2D eigenvalue weighted by Crippen LogP contribution is 2.29. The van der Waals surface area contributed by atoms with Crippen LogP contribution in [-0.4, -0.2) is 16.8 Å². The van der Waals surface area contributed by atoms with Crippen molar-refractivity contribution in [2.75, 3.05) is 6.54 Å². The summed E-state index contributed by atoms with van der Waals surface area (Å²) in [4.78, 5) is 0. The maximum atomic E-state index is 9.19. The fourth-order valence-corrected chi connectivity index (χ4v) is 1.44. The Labute approximate surface area is 70.7 Å². The van der Waals surface area contributed by atoms with Gasteiger partial charge < -0.3 is 10.2 Å². The molecular weight excluding hydrogens is 154 g/mol. The van der Waals surface area contributed by atoms with Crippen LogP contribution in [0, 0.1) is 0 Å². The Balaban J connectivity index is 2.49. The van der Waals surface area contributed by atoms with E-state index in [0.29, 0.717) is 6.54 Å². The van der Waals surface area contributed by atoms with Crippen molar-refractivity contribution in [2.45, 2.75) is 13.0 Å². The third kappa shape index (κ3) is 1.12. The fraction of sp³-hybridized carbons (Fsp3) is 0.333. The molecule has 0 bridgehead atoms. The molecule has 1 aromatic carbocycles. The number of hydrogen-bond acceptors (Lipinski definition) is 2. The van der Waals surface area contributed by atoms with Crippen molar-refractivity contribution in [3.8, 4) is 11.5 Å². The number of aromatic hydroxyl groups is 2. The van der Waals surface area contributed by atoms with Crippen LogP contribution in [0.4, 0.5) is 0 Å². The molecule has 0 amide bonds. The third-order valence-electron chi connectivity index (χ3n) is 2.12. The predicted molar refractivity (Wildman–Crippen MR) is 44.2 cm³/mol. The number of fused-ring (bicyclic) bond motifs is 1. The first kappa shape index (κ1) is 7.43. The van der Waals surface area contributed by atoms with E-state index in [4.69, 9.17) is 0 Å². The molecular formula is C9H10NO2. The fourth-order valence-electron chi connectivity index (χ4n) is 1.44. The van der Waals surface area contributed by atoms with Crippen molar-refractivity contribution in [1.82, 2.24) is 5.32 Å². The van der Waals surface area contributed by atoms with Gasteiger partial charge in [0.2, 0.25) is 0 Å². The van der Waals surface area contributed by atoms with Gasteiger partial charge in [-0.15, -0.1) is 0 Å². The van der Waals surface area contributed by atoms with Crippen LogP contribution >= 0.6 is 0 Å². The van der Waals surface area contributed by atoms with Gasteiger partial charge in [-0.25, -0.2) is 5.32 Å². The van der Waals surface area contributed by atoms with Crippen LogP contribution in [-0.2, 0) is 13.0 Å². The molecule has 0 atom stereocenters. The summed E-state index contributed by atoms with van der Waals surface area (Å²) in [6, 6.07) is 3.21. The smallest absolute Gasteiger partial charge is 0.157 e. The Morgan fingerprint density at radius 3 is 2.50 bits per heavy atom. The van der Waals surface area contributed by atoms with Gasteiger partial charge in [0.15, 0.2) is 11.5 Å². The van der Waals surface area contributed by atoms with Gasteiger partial charge in [0.05, 0.1) is 0 Å². The number of phenolic OH excluding ortho intramolecular Hbond substituents is 2. The zero-order valence-electron chi connectivity index (χ0n) is 6.62. The second-order valence-corrected chi connectivity index (χ2v) is 2.96. The first-order valence-corrected chi connectivity index (χ1v) is 3.94. The van der Waals surface area contributed by atoms with Gasteiger partial charge in [-0.2, -0.15) is 0 Å². The van der Waals surface area contributed by atoms with Gasteiger partial charge in [-0.05, 0) is 29.7 Å². The number of rotatable bonds is 0. The molecule has 3 heteroatoms. The zero-order valence-corrected chi connectivity index (χ0v) is 6.62. The van der Waals surface area contributed by atoms with Crippen molar-refractivity contribution < 1.29 is 10.2 Å². The van der Waals surface area contributed by atoms with Crippen molar-refractivity contribution in [2.24, 2.45) is 0 Å². The van der Waals surface area contributed by atoms with Gasteiger partial charge in [0, 0.05) is 13.1 Å². The average molecular weight is 164 g/mol. The van der Waals surface area contributed by atoms with Crippen LogP contribution in [0.2, 0.25) is 0 Å². The molecule has 3 nitrogen and oxygen atoms in total. The Morgan fingerprint density at radius 1 is 1.08 bits per heavy atom. The Morgan fingerprint density at radius 2 is 1.75 bits per heavy atom. The lowest BCUT2D eigenvalue weighted by atomic mass is 10.0. The van der Waals surface area contributed by atoms with Crippen LogP contribution in [0.5, 0.6) is 11.5 Å². The highest BCUT2D eigenvalue weighted by Gasteiger charge is 2.12. The van der Waals surface area contributed by atoms with Crippen LogP contribution in [0.15, 0.2) is 12.1 Å². The average Bonchev–Trinajstić information content (AvgIpc) is 2.07. The van der Waals surface area contributed by atoms with Crippen molar-refractivity contribution in [1.29, 1.82) is 0 Å². The molecule has 0 unspecified atom stereocenters. The van der Waals surface area contributed by atoms with Gasteiger partial charge in [0.25, 0.3) is 0 Å². The van der Waals surface area contributed by atoms with Gasteiger partial charge >= 0.3 is 0 Å². The van der Waals surface area contributed by atoms with Gasteiger partial charge in [-0.3, -0.25) is 0 Å². The maximum Gasteiger partial charge on any atom is 0.157 e. The van der Waals surface area contributed by atoms with Crippen LogP contribution in [0.1, 0.15) is 11.1 Å². The number of hydrogen-bond donors (Lipinski definition) is 2. The molecule has 1 aromatic rings. The van der Waals surface area contributed by atoms with E-state index in [1.54, 1.807) is 12.1 Å². The van der Waals surface area contributed by atoms with Crippen molar-refractivity contribution in [3.63, 3.8) is 0 Å². The van der Waals surface area contributed by atoms with Crippen molar-refractivity contribution >= 4 is 0 Å². The second-order valence-electron chi connectivity index (χ2n) is 2.96. The number of benzene rings is 1. The topological polar surface area (TPSA) is 54.6 Å². The monoisotopic (exact) mass is 164 g/mol. The largest absolute Gasteiger partial charge is 0.504 e. The van der Waals surface area contributed by atoms with E-state index < -0.39 is 0 Å². The van der Waals surface area contributed by atoms with Gasteiger partial charge in [0.1, 0.15) is 0 Å². The molecule has 0 aliphatic carbocycles. The van der Waals surface area contributed by atoms with E-state index in [-0.39, 0.29) is 11.5 Å². The lowest BCUT2D eigenvalue weighted by Gasteiger charge is -2.15. The predicted octanol–water partition coefficient (Wildman–Crippen LogP) is 0.758. The SMILES string of the molecule is Oc1cc2c(cc1O)C[N]CC2. The minimum absolute atomic E-state index is 0.0318. The summed E-state index contributed by atoms with van der Waals surface area (Å²) in [6.45, 7) is 1.47. The minimum atomic E-state index is -0.0501. The van der Waals surface area contributed by atoms with E-state index >= 15 is 0 Å².